The Bertz CT molecular complexity index is 741. The van der Waals surface area contributed by atoms with Crippen LogP contribution in [0.3, 0.4) is 0 Å². The van der Waals surface area contributed by atoms with Crippen molar-refractivity contribution in [1.82, 2.24) is 4.90 Å². The second-order valence-corrected chi connectivity index (χ2v) is 8.09. The molecule has 2 saturated heterocycles. The largest absolute Gasteiger partial charge is 0.465 e. The van der Waals surface area contributed by atoms with Gasteiger partial charge in [-0.05, 0) is 27.7 Å². The molecule has 0 saturated carbocycles. The molecule has 28 heavy (non-hydrogen) atoms. The number of benzene rings is 1. The lowest BCUT2D eigenvalue weighted by molar-refractivity contribution is -0.158. The maximum Gasteiger partial charge on any atom is 0.318 e. The molecule has 2 heterocycles. The van der Waals surface area contributed by atoms with Crippen molar-refractivity contribution in [2.45, 2.75) is 52.0 Å². The number of carbonyl (C=O) groups excluding carboxylic acids is 3. The number of nitrogens with zero attached hydrogens (tertiary/aromatic N) is 1. The Morgan fingerprint density at radius 2 is 1.89 bits per heavy atom. The Labute approximate surface area is 164 Å². The summed E-state index contributed by atoms with van der Waals surface area (Å²) < 4.78 is 16.4. The van der Waals surface area contributed by atoms with E-state index in [1.54, 1.807) is 32.6 Å². The van der Waals surface area contributed by atoms with Crippen molar-refractivity contribution in [3.05, 3.63) is 35.9 Å². The number of hydrogen-bond acceptors (Lipinski definition) is 6. The van der Waals surface area contributed by atoms with Crippen LogP contribution in [0.1, 0.15) is 45.9 Å². The summed E-state index contributed by atoms with van der Waals surface area (Å²) in [4.78, 5) is 39.7. The van der Waals surface area contributed by atoms with Gasteiger partial charge in [-0.15, -0.1) is 0 Å². The lowest BCUT2D eigenvalue weighted by atomic mass is 9.87. The summed E-state index contributed by atoms with van der Waals surface area (Å²) in [6, 6.07) is 9.00. The predicted molar refractivity (Wildman–Crippen MR) is 99.8 cm³/mol. The van der Waals surface area contributed by atoms with Crippen LogP contribution in [0.2, 0.25) is 0 Å². The SMILES string of the molecule is CCOC(=O)[C@H]1C(=O)N2[C@@H](c3ccccc3)OC[C@@H]2[C@@H]1CC(=O)OC(C)(C)C. The van der Waals surface area contributed by atoms with E-state index in [0.717, 1.165) is 5.56 Å². The van der Waals surface area contributed by atoms with Gasteiger partial charge in [0, 0.05) is 11.5 Å². The first-order valence-electron chi connectivity index (χ1n) is 9.60. The number of hydrogen-bond donors (Lipinski definition) is 0. The van der Waals surface area contributed by atoms with Crippen LogP contribution < -0.4 is 0 Å². The molecule has 0 N–H and O–H groups in total. The molecule has 7 heteroatoms. The smallest absolute Gasteiger partial charge is 0.318 e. The van der Waals surface area contributed by atoms with Gasteiger partial charge in [-0.1, -0.05) is 30.3 Å². The molecule has 1 amide bonds. The summed E-state index contributed by atoms with van der Waals surface area (Å²) in [7, 11) is 0. The van der Waals surface area contributed by atoms with Gasteiger partial charge in [0.15, 0.2) is 6.23 Å². The van der Waals surface area contributed by atoms with E-state index in [-0.39, 0.29) is 31.6 Å². The number of rotatable bonds is 5. The van der Waals surface area contributed by atoms with Gasteiger partial charge < -0.3 is 19.1 Å². The highest BCUT2D eigenvalue weighted by molar-refractivity contribution is 6.01. The minimum Gasteiger partial charge on any atom is -0.465 e. The van der Waals surface area contributed by atoms with Crippen molar-refractivity contribution in [1.29, 1.82) is 0 Å². The van der Waals surface area contributed by atoms with E-state index >= 15 is 0 Å². The molecule has 2 aliphatic heterocycles. The summed E-state index contributed by atoms with van der Waals surface area (Å²) in [5.41, 5.74) is 0.191. The molecule has 0 aliphatic carbocycles. The van der Waals surface area contributed by atoms with Gasteiger partial charge >= 0.3 is 11.9 Å². The molecule has 3 rings (SSSR count). The standard InChI is InChI=1S/C21H27NO6/c1-5-26-20(25)17-14(11-16(23)28-21(2,3)4)15-12-27-19(22(15)18(17)24)13-9-7-6-8-10-13/h6-10,14-15,17,19H,5,11-12H2,1-4H3/t14-,15+,17+,19+/m0/s1. The molecule has 152 valence electrons. The highest BCUT2D eigenvalue weighted by Gasteiger charge is 2.58. The van der Waals surface area contributed by atoms with E-state index in [2.05, 4.69) is 0 Å². The zero-order chi connectivity index (χ0) is 20.5. The summed E-state index contributed by atoms with van der Waals surface area (Å²) in [5, 5.41) is 0. The van der Waals surface area contributed by atoms with E-state index in [9.17, 15) is 14.4 Å². The van der Waals surface area contributed by atoms with E-state index in [4.69, 9.17) is 14.2 Å². The molecule has 0 spiro atoms. The van der Waals surface area contributed by atoms with Gasteiger partial charge in [-0.2, -0.15) is 0 Å². The van der Waals surface area contributed by atoms with Crippen molar-refractivity contribution < 1.29 is 28.6 Å². The maximum atomic E-state index is 13.2. The van der Waals surface area contributed by atoms with Crippen molar-refractivity contribution in [2.24, 2.45) is 11.8 Å². The fourth-order valence-corrected chi connectivity index (χ4v) is 3.91. The number of carbonyl (C=O) groups is 3. The van der Waals surface area contributed by atoms with E-state index in [1.165, 1.54) is 0 Å². The third kappa shape index (κ3) is 4.04. The van der Waals surface area contributed by atoms with Crippen molar-refractivity contribution in [3.8, 4) is 0 Å². The molecule has 0 radical (unpaired) electrons. The summed E-state index contributed by atoms with van der Waals surface area (Å²) in [6.07, 6.45) is -0.613. The zero-order valence-electron chi connectivity index (χ0n) is 16.7. The Morgan fingerprint density at radius 3 is 2.50 bits per heavy atom. The lowest BCUT2D eigenvalue weighted by Crippen LogP contribution is -2.34. The first-order valence-corrected chi connectivity index (χ1v) is 9.60. The topological polar surface area (TPSA) is 82.1 Å². The minimum absolute atomic E-state index is 0.0431. The molecule has 7 nitrogen and oxygen atoms in total. The molecule has 0 unspecified atom stereocenters. The monoisotopic (exact) mass is 389 g/mol. The average Bonchev–Trinajstić information content (AvgIpc) is 3.15. The molecule has 2 fully saturated rings. The molecule has 0 aromatic heterocycles. The molecule has 1 aromatic carbocycles. The van der Waals surface area contributed by atoms with Crippen LogP contribution in [0, 0.1) is 11.8 Å². The van der Waals surface area contributed by atoms with Crippen LogP contribution in [0.5, 0.6) is 0 Å². The zero-order valence-corrected chi connectivity index (χ0v) is 16.7. The van der Waals surface area contributed by atoms with E-state index < -0.39 is 35.6 Å². The first-order chi connectivity index (χ1) is 13.2. The van der Waals surface area contributed by atoms with Crippen LogP contribution in [-0.2, 0) is 28.6 Å². The maximum absolute atomic E-state index is 13.2. The molecule has 1 aromatic rings. The Hall–Kier alpha value is -2.41. The first kappa shape index (κ1) is 20.3. The van der Waals surface area contributed by atoms with Crippen LogP contribution in [0.4, 0.5) is 0 Å². The van der Waals surface area contributed by atoms with Crippen molar-refractivity contribution in [3.63, 3.8) is 0 Å². The highest BCUT2D eigenvalue weighted by Crippen LogP contribution is 2.45. The predicted octanol–water partition coefficient (Wildman–Crippen LogP) is 2.45. The minimum atomic E-state index is -1.02. The highest BCUT2D eigenvalue weighted by atomic mass is 16.6. The van der Waals surface area contributed by atoms with Crippen molar-refractivity contribution >= 4 is 17.8 Å². The molecular formula is C21H27NO6. The van der Waals surface area contributed by atoms with Crippen LogP contribution in [0.15, 0.2) is 30.3 Å². The fraction of sp³-hybridized carbons (Fsp3) is 0.571. The van der Waals surface area contributed by atoms with E-state index in [1.807, 2.05) is 30.3 Å². The third-order valence-electron chi connectivity index (χ3n) is 4.93. The Balaban J connectivity index is 1.87. The van der Waals surface area contributed by atoms with Crippen LogP contribution in [0.25, 0.3) is 0 Å². The number of esters is 2. The van der Waals surface area contributed by atoms with Crippen LogP contribution >= 0.6 is 0 Å². The average molecular weight is 389 g/mol. The fourth-order valence-electron chi connectivity index (χ4n) is 3.91. The third-order valence-corrected chi connectivity index (χ3v) is 4.93. The number of ether oxygens (including phenoxy) is 3. The Kier molecular flexibility index (Phi) is 5.74. The Morgan fingerprint density at radius 1 is 1.21 bits per heavy atom. The van der Waals surface area contributed by atoms with Gasteiger partial charge in [-0.3, -0.25) is 14.4 Å². The molecule has 2 aliphatic rings. The van der Waals surface area contributed by atoms with Gasteiger partial charge in [0.2, 0.25) is 5.91 Å². The molecular weight excluding hydrogens is 362 g/mol. The number of fused-ring (bicyclic) bond motifs is 1. The van der Waals surface area contributed by atoms with Crippen molar-refractivity contribution in [2.75, 3.05) is 13.2 Å². The quantitative estimate of drug-likeness (QED) is 0.568. The second-order valence-electron chi connectivity index (χ2n) is 8.09. The molecule has 0 bridgehead atoms. The van der Waals surface area contributed by atoms with Gasteiger partial charge in [-0.25, -0.2) is 0 Å². The summed E-state index contributed by atoms with van der Waals surface area (Å²) in [5.74, 6) is -2.96. The summed E-state index contributed by atoms with van der Waals surface area (Å²) >= 11 is 0. The summed E-state index contributed by atoms with van der Waals surface area (Å²) in [6.45, 7) is 7.47. The van der Waals surface area contributed by atoms with Crippen LogP contribution in [-0.4, -0.2) is 47.6 Å². The van der Waals surface area contributed by atoms with Gasteiger partial charge in [0.25, 0.3) is 0 Å². The second kappa shape index (κ2) is 7.91. The van der Waals surface area contributed by atoms with Gasteiger partial charge in [0.05, 0.1) is 25.7 Å². The normalized spacial score (nSPS) is 26.9. The number of amides is 1. The molecule has 4 atom stereocenters. The van der Waals surface area contributed by atoms with Gasteiger partial charge in [0.1, 0.15) is 11.5 Å². The van der Waals surface area contributed by atoms with E-state index in [0.29, 0.717) is 0 Å². The lowest BCUT2D eigenvalue weighted by Gasteiger charge is -2.24.